The summed E-state index contributed by atoms with van der Waals surface area (Å²) in [5.41, 5.74) is 5.52. The monoisotopic (exact) mass is 359 g/mol. The summed E-state index contributed by atoms with van der Waals surface area (Å²) in [6.07, 6.45) is 6.10. The average molecular weight is 360 g/mol. The number of amides is 1. The maximum absolute atomic E-state index is 12.1. The van der Waals surface area contributed by atoms with Gasteiger partial charge in [-0.1, -0.05) is 36.8 Å². The fraction of sp³-hybridized carbons (Fsp3) is 0.294. The molecule has 2 aromatic rings. The number of hydrogen-bond donors (Lipinski definition) is 2. The molecule has 114 valence electrons. The summed E-state index contributed by atoms with van der Waals surface area (Å²) in [5.74, 6) is 0.0983. The number of halogens is 1. The minimum atomic E-state index is -0.212. The molecule has 1 aromatic heterocycles. The van der Waals surface area contributed by atoms with E-state index in [1.807, 2.05) is 6.07 Å². The van der Waals surface area contributed by atoms with Crippen LogP contribution in [0.1, 0.15) is 47.7 Å². The Balaban J connectivity index is 1.74. The van der Waals surface area contributed by atoms with Crippen LogP contribution in [0.25, 0.3) is 0 Å². The second-order valence-corrected chi connectivity index (χ2v) is 6.40. The number of rotatable bonds is 3. The van der Waals surface area contributed by atoms with E-state index in [0.29, 0.717) is 11.6 Å². The van der Waals surface area contributed by atoms with Crippen molar-refractivity contribution in [3.8, 4) is 0 Å². The Bertz CT molecular complexity index is 678. The molecule has 1 fully saturated rings. The zero-order valence-corrected chi connectivity index (χ0v) is 13.8. The van der Waals surface area contributed by atoms with Crippen LogP contribution in [0.3, 0.4) is 0 Å². The zero-order chi connectivity index (χ0) is 15.4. The number of nitrogens with zero attached hydrogens (tertiary/aromatic N) is 1. The van der Waals surface area contributed by atoms with Gasteiger partial charge in [0.25, 0.3) is 5.91 Å². The smallest absolute Gasteiger partial charge is 0.287 e. The third-order valence-electron chi connectivity index (χ3n) is 3.97. The zero-order valence-electron chi connectivity index (χ0n) is 12.2. The number of H-pyrrole nitrogens is 1. The van der Waals surface area contributed by atoms with Gasteiger partial charge in [-0.25, -0.2) is 5.43 Å². The molecule has 1 saturated carbocycles. The molecule has 5 heteroatoms. The van der Waals surface area contributed by atoms with Crippen molar-refractivity contribution in [2.75, 3.05) is 0 Å². The average Bonchev–Trinajstić information content (AvgIpc) is 3.00. The van der Waals surface area contributed by atoms with Crippen LogP contribution < -0.4 is 5.43 Å². The van der Waals surface area contributed by atoms with E-state index in [-0.39, 0.29) is 5.91 Å². The summed E-state index contributed by atoms with van der Waals surface area (Å²) >= 11 is 3.32. The summed E-state index contributed by atoms with van der Waals surface area (Å²) in [6, 6.07) is 12.1. The summed E-state index contributed by atoms with van der Waals surface area (Å²) in [7, 11) is 0. The predicted molar refractivity (Wildman–Crippen MR) is 91.0 cm³/mol. The molecular weight excluding hydrogens is 342 g/mol. The Labute approximate surface area is 138 Å². The van der Waals surface area contributed by atoms with Gasteiger partial charge in [-0.05, 0) is 46.8 Å². The van der Waals surface area contributed by atoms with Crippen LogP contribution in [-0.2, 0) is 0 Å². The lowest BCUT2D eigenvalue weighted by Crippen LogP contribution is -2.24. The van der Waals surface area contributed by atoms with Crippen LogP contribution in [0.5, 0.6) is 0 Å². The molecule has 0 aliphatic heterocycles. The minimum Gasteiger partial charge on any atom is -0.356 e. The molecule has 1 atom stereocenters. The van der Waals surface area contributed by atoms with Gasteiger partial charge in [0.1, 0.15) is 5.69 Å². The standard InChI is InChI=1S/C17H18BrN3O/c18-13-10-16(19-11-13)17(22)21-20-15-9-5-4-8-14(15)12-6-2-1-3-7-12/h1-3,6-7,10-11,14,19H,4-5,8-9H2,(H,21,22)/b20-15-/t14-/m0/s1. The van der Waals surface area contributed by atoms with Crippen molar-refractivity contribution in [3.63, 3.8) is 0 Å². The van der Waals surface area contributed by atoms with Gasteiger partial charge in [0.05, 0.1) is 0 Å². The van der Waals surface area contributed by atoms with E-state index >= 15 is 0 Å². The fourth-order valence-electron chi connectivity index (χ4n) is 2.86. The second-order valence-electron chi connectivity index (χ2n) is 5.48. The Morgan fingerprint density at radius 1 is 1.27 bits per heavy atom. The Morgan fingerprint density at radius 2 is 2.09 bits per heavy atom. The molecule has 1 aliphatic rings. The Morgan fingerprint density at radius 3 is 2.82 bits per heavy atom. The first-order valence-electron chi connectivity index (χ1n) is 7.49. The van der Waals surface area contributed by atoms with Crippen molar-refractivity contribution >= 4 is 27.5 Å². The Kier molecular flexibility index (Phi) is 4.73. The molecule has 0 spiro atoms. The van der Waals surface area contributed by atoms with E-state index in [1.54, 1.807) is 12.3 Å². The summed E-state index contributed by atoms with van der Waals surface area (Å²) in [6.45, 7) is 0. The minimum absolute atomic E-state index is 0.212. The largest absolute Gasteiger partial charge is 0.356 e. The third kappa shape index (κ3) is 3.47. The molecule has 1 aromatic carbocycles. The third-order valence-corrected chi connectivity index (χ3v) is 4.43. The number of hydrogen-bond acceptors (Lipinski definition) is 2. The van der Waals surface area contributed by atoms with Crippen molar-refractivity contribution in [1.82, 2.24) is 10.4 Å². The number of hydrazone groups is 1. The number of nitrogens with one attached hydrogen (secondary N) is 2. The molecule has 4 nitrogen and oxygen atoms in total. The highest BCUT2D eigenvalue weighted by molar-refractivity contribution is 9.10. The van der Waals surface area contributed by atoms with Gasteiger partial charge in [0.15, 0.2) is 0 Å². The summed E-state index contributed by atoms with van der Waals surface area (Å²) < 4.78 is 0.852. The van der Waals surface area contributed by atoms with E-state index in [4.69, 9.17) is 0 Å². The summed E-state index contributed by atoms with van der Waals surface area (Å²) in [4.78, 5) is 15.0. The topological polar surface area (TPSA) is 57.2 Å². The van der Waals surface area contributed by atoms with Gasteiger partial charge in [0, 0.05) is 22.3 Å². The van der Waals surface area contributed by atoms with Crippen molar-refractivity contribution < 1.29 is 4.79 Å². The maximum Gasteiger partial charge on any atom is 0.287 e. The van der Waals surface area contributed by atoms with E-state index in [9.17, 15) is 4.79 Å². The number of carbonyl (C=O) groups excluding carboxylic acids is 1. The fourth-order valence-corrected chi connectivity index (χ4v) is 3.20. The van der Waals surface area contributed by atoms with Crippen molar-refractivity contribution in [3.05, 3.63) is 58.3 Å². The van der Waals surface area contributed by atoms with E-state index in [0.717, 1.165) is 29.4 Å². The highest BCUT2D eigenvalue weighted by atomic mass is 79.9. The lowest BCUT2D eigenvalue weighted by atomic mass is 9.82. The van der Waals surface area contributed by atoms with Gasteiger partial charge in [-0.15, -0.1) is 0 Å². The van der Waals surface area contributed by atoms with Gasteiger partial charge >= 0.3 is 0 Å². The van der Waals surface area contributed by atoms with Crippen LogP contribution in [0.2, 0.25) is 0 Å². The highest BCUT2D eigenvalue weighted by Crippen LogP contribution is 2.30. The lowest BCUT2D eigenvalue weighted by molar-refractivity contribution is 0.0950. The van der Waals surface area contributed by atoms with Gasteiger partial charge in [-0.3, -0.25) is 4.79 Å². The number of aromatic amines is 1. The number of aromatic nitrogens is 1. The molecule has 0 radical (unpaired) electrons. The molecule has 1 heterocycles. The number of carbonyl (C=O) groups is 1. The quantitative estimate of drug-likeness (QED) is 0.791. The first-order valence-corrected chi connectivity index (χ1v) is 8.29. The molecule has 1 aliphatic carbocycles. The maximum atomic E-state index is 12.1. The highest BCUT2D eigenvalue weighted by Gasteiger charge is 2.22. The van der Waals surface area contributed by atoms with Crippen LogP contribution in [0.4, 0.5) is 0 Å². The van der Waals surface area contributed by atoms with Crippen LogP contribution in [0.15, 0.2) is 52.2 Å². The summed E-state index contributed by atoms with van der Waals surface area (Å²) in [5, 5.41) is 4.41. The van der Waals surface area contributed by atoms with Crippen LogP contribution in [0, 0.1) is 0 Å². The molecule has 3 rings (SSSR count). The normalized spacial score (nSPS) is 20.0. The molecule has 2 N–H and O–H groups in total. The number of benzene rings is 1. The molecule has 1 amide bonds. The predicted octanol–water partition coefficient (Wildman–Crippen LogP) is 4.22. The van der Waals surface area contributed by atoms with Gasteiger partial charge < -0.3 is 4.98 Å². The lowest BCUT2D eigenvalue weighted by Gasteiger charge is -2.24. The molecule has 0 unspecified atom stereocenters. The second kappa shape index (κ2) is 6.92. The first kappa shape index (κ1) is 15.0. The van der Waals surface area contributed by atoms with Gasteiger partial charge in [0.2, 0.25) is 0 Å². The molecular formula is C17H18BrN3O. The molecule has 0 saturated heterocycles. The Hall–Kier alpha value is -1.88. The van der Waals surface area contributed by atoms with Crippen molar-refractivity contribution in [2.45, 2.75) is 31.6 Å². The molecule has 22 heavy (non-hydrogen) atoms. The van der Waals surface area contributed by atoms with Crippen molar-refractivity contribution in [2.24, 2.45) is 5.10 Å². The van der Waals surface area contributed by atoms with Crippen LogP contribution in [-0.4, -0.2) is 16.6 Å². The van der Waals surface area contributed by atoms with Crippen molar-refractivity contribution in [1.29, 1.82) is 0 Å². The van der Waals surface area contributed by atoms with E-state index < -0.39 is 0 Å². The SMILES string of the molecule is O=C(N/N=C1/CCCC[C@H]1c1ccccc1)c1cc(Br)c[nH]1. The van der Waals surface area contributed by atoms with E-state index in [2.05, 4.69) is 55.7 Å². The van der Waals surface area contributed by atoms with E-state index in [1.165, 1.54) is 12.0 Å². The van der Waals surface area contributed by atoms with Crippen LogP contribution >= 0.6 is 15.9 Å². The van der Waals surface area contributed by atoms with Gasteiger partial charge in [-0.2, -0.15) is 5.10 Å². The first-order chi connectivity index (χ1) is 10.7. The molecule has 0 bridgehead atoms.